The van der Waals surface area contributed by atoms with Gasteiger partial charge in [-0.2, -0.15) is 0 Å². The highest BCUT2D eigenvalue weighted by Crippen LogP contribution is 1.96. The molecular formula is C5H12NO2S. The van der Waals surface area contributed by atoms with Gasteiger partial charge in [-0.05, 0) is 5.92 Å². The highest BCUT2D eigenvalue weighted by molar-refractivity contribution is 7.89. The van der Waals surface area contributed by atoms with E-state index in [-0.39, 0.29) is 11.7 Å². The number of rotatable bonds is 3. The molecule has 0 aliphatic heterocycles. The van der Waals surface area contributed by atoms with Crippen molar-refractivity contribution >= 4 is 10.0 Å². The molecule has 0 rings (SSSR count). The number of nitrogens with zero attached hydrogens (tertiary/aromatic N) is 1. The van der Waals surface area contributed by atoms with Gasteiger partial charge in [-0.25, -0.2) is 8.42 Å². The smallest absolute Gasteiger partial charge is 0.211 e. The van der Waals surface area contributed by atoms with Crippen LogP contribution in [0.3, 0.4) is 0 Å². The summed E-state index contributed by atoms with van der Waals surface area (Å²) in [6.07, 6.45) is 0. The van der Waals surface area contributed by atoms with E-state index in [2.05, 4.69) is 4.72 Å². The van der Waals surface area contributed by atoms with Gasteiger partial charge in [-0.1, -0.05) is 13.8 Å². The molecule has 0 spiro atoms. The minimum Gasteiger partial charge on any atom is -0.211 e. The maximum Gasteiger partial charge on any atom is 0.227 e. The molecule has 0 atom stereocenters. The first-order valence-electron chi connectivity index (χ1n) is 2.81. The number of sulfonamides is 1. The topological polar surface area (TPSA) is 48.2 Å². The van der Waals surface area contributed by atoms with Crippen LogP contribution in [0.15, 0.2) is 0 Å². The molecule has 0 unspecified atom stereocenters. The summed E-state index contributed by atoms with van der Waals surface area (Å²) in [6.45, 7) is 3.70. The highest BCUT2D eigenvalue weighted by atomic mass is 32.2. The number of hydrogen-bond donors (Lipinski definition) is 0. The fourth-order valence-corrected chi connectivity index (χ4v) is 1.49. The van der Waals surface area contributed by atoms with Crippen molar-refractivity contribution in [3.8, 4) is 0 Å². The van der Waals surface area contributed by atoms with E-state index in [0.717, 1.165) is 0 Å². The zero-order valence-electron chi connectivity index (χ0n) is 5.96. The van der Waals surface area contributed by atoms with Crippen molar-refractivity contribution in [3.05, 3.63) is 0 Å². The number of hydrogen-bond acceptors (Lipinski definition) is 2. The van der Waals surface area contributed by atoms with Gasteiger partial charge in [-0.3, -0.25) is 0 Å². The monoisotopic (exact) mass is 150 g/mol. The third-order valence-corrected chi connectivity index (χ3v) is 2.47. The van der Waals surface area contributed by atoms with Crippen molar-refractivity contribution in [2.45, 2.75) is 13.8 Å². The minimum atomic E-state index is -3.09. The highest BCUT2D eigenvalue weighted by Gasteiger charge is 2.09. The van der Waals surface area contributed by atoms with Gasteiger partial charge in [0.2, 0.25) is 10.0 Å². The van der Waals surface area contributed by atoms with Crippen LogP contribution in [0.1, 0.15) is 13.8 Å². The molecule has 0 fully saturated rings. The molecule has 3 nitrogen and oxygen atoms in total. The predicted octanol–water partition coefficient (Wildman–Crippen LogP) is 0.206. The Hall–Kier alpha value is -0.0900. The second kappa shape index (κ2) is 3.17. The Morgan fingerprint density at radius 1 is 1.44 bits per heavy atom. The van der Waals surface area contributed by atoms with Crippen LogP contribution in [-0.4, -0.2) is 21.2 Å². The van der Waals surface area contributed by atoms with Crippen molar-refractivity contribution in [2.75, 3.05) is 12.8 Å². The van der Waals surface area contributed by atoms with Crippen LogP contribution in [0.4, 0.5) is 0 Å². The van der Waals surface area contributed by atoms with E-state index in [0.29, 0.717) is 0 Å². The van der Waals surface area contributed by atoms with Crippen LogP contribution in [-0.2, 0) is 10.0 Å². The summed E-state index contributed by atoms with van der Waals surface area (Å²) in [5.41, 5.74) is 0. The zero-order valence-corrected chi connectivity index (χ0v) is 6.77. The fourth-order valence-electron chi connectivity index (χ4n) is 0.496. The van der Waals surface area contributed by atoms with E-state index in [9.17, 15) is 8.42 Å². The molecule has 0 aromatic carbocycles. The van der Waals surface area contributed by atoms with Crippen molar-refractivity contribution < 1.29 is 8.42 Å². The Morgan fingerprint density at radius 3 is 2.00 bits per heavy atom. The molecule has 0 heterocycles. The van der Waals surface area contributed by atoms with Crippen molar-refractivity contribution in [1.29, 1.82) is 0 Å². The molecule has 0 saturated carbocycles. The van der Waals surface area contributed by atoms with Gasteiger partial charge in [-0.15, -0.1) is 4.72 Å². The van der Waals surface area contributed by atoms with Crippen LogP contribution in [0, 0.1) is 5.92 Å². The Labute approximate surface area is 56.5 Å². The zero-order chi connectivity index (χ0) is 7.49. The summed E-state index contributed by atoms with van der Waals surface area (Å²) in [4.78, 5) is 0. The van der Waals surface area contributed by atoms with E-state index < -0.39 is 10.0 Å². The molecule has 0 aliphatic carbocycles. The van der Waals surface area contributed by atoms with Crippen molar-refractivity contribution in [2.24, 2.45) is 5.92 Å². The van der Waals surface area contributed by atoms with Crippen LogP contribution < -0.4 is 4.72 Å². The van der Waals surface area contributed by atoms with Gasteiger partial charge >= 0.3 is 0 Å². The maximum absolute atomic E-state index is 10.6. The average Bonchev–Trinajstić information content (AvgIpc) is 1.63. The predicted molar refractivity (Wildman–Crippen MR) is 36.7 cm³/mol. The van der Waals surface area contributed by atoms with E-state index in [1.54, 1.807) is 0 Å². The first-order chi connectivity index (χ1) is 3.98. The quantitative estimate of drug-likeness (QED) is 0.577. The van der Waals surface area contributed by atoms with E-state index in [4.69, 9.17) is 0 Å². The van der Waals surface area contributed by atoms with Crippen molar-refractivity contribution in [3.63, 3.8) is 0 Å². The van der Waals surface area contributed by atoms with E-state index >= 15 is 0 Å². The Morgan fingerprint density at radius 2 is 1.89 bits per heavy atom. The average molecular weight is 150 g/mol. The lowest BCUT2D eigenvalue weighted by atomic mass is 10.3. The third-order valence-electron chi connectivity index (χ3n) is 0.822. The molecule has 0 bridgehead atoms. The minimum absolute atomic E-state index is 0.156. The molecule has 55 valence electrons. The molecule has 9 heavy (non-hydrogen) atoms. The molecule has 0 aliphatic rings. The van der Waals surface area contributed by atoms with Crippen LogP contribution >= 0.6 is 0 Å². The first-order valence-corrected chi connectivity index (χ1v) is 4.42. The molecule has 1 radical (unpaired) electrons. The van der Waals surface area contributed by atoms with Crippen LogP contribution in [0.2, 0.25) is 0 Å². The van der Waals surface area contributed by atoms with Crippen molar-refractivity contribution in [1.82, 2.24) is 4.72 Å². The standard InChI is InChI=1S/C5H12NO2S/c1-5(2)4-9(7,8)6-3/h5H,4H2,1-3H3. The molecule has 4 heteroatoms. The van der Waals surface area contributed by atoms with E-state index in [1.807, 2.05) is 13.8 Å². The normalized spacial score (nSPS) is 12.4. The lowest BCUT2D eigenvalue weighted by molar-refractivity contribution is 0.573. The summed E-state index contributed by atoms with van der Waals surface area (Å²) in [6, 6.07) is 0. The summed E-state index contributed by atoms with van der Waals surface area (Å²) in [5, 5.41) is 0. The van der Waals surface area contributed by atoms with Gasteiger partial charge in [0.05, 0.1) is 5.75 Å². The molecule has 0 N–H and O–H groups in total. The van der Waals surface area contributed by atoms with Gasteiger partial charge in [0.1, 0.15) is 0 Å². The lowest BCUT2D eigenvalue weighted by Gasteiger charge is -2.01. The lowest BCUT2D eigenvalue weighted by Crippen LogP contribution is -2.19. The summed E-state index contributed by atoms with van der Waals surface area (Å²) in [5.74, 6) is 0.322. The summed E-state index contributed by atoms with van der Waals surface area (Å²) < 4.78 is 24.5. The Kier molecular flexibility index (Phi) is 3.14. The Bertz CT molecular complexity index is 160. The molecule has 0 aromatic rings. The fraction of sp³-hybridized carbons (Fsp3) is 1.00. The largest absolute Gasteiger partial charge is 0.227 e. The maximum atomic E-state index is 10.6. The van der Waals surface area contributed by atoms with E-state index in [1.165, 1.54) is 7.05 Å². The van der Waals surface area contributed by atoms with Gasteiger partial charge in [0.25, 0.3) is 0 Å². The van der Waals surface area contributed by atoms with Crippen LogP contribution in [0.5, 0.6) is 0 Å². The molecule has 0 amide bonds. The first kappa shape index (κ1) is 8.91. The molecule has 0 saturated heterocycles. The third kappa shape index (κ3) is 4.42. The van der Waals surface area contributed by atoms with Crippen LogP contribution in [0.25, 0.3) is 0 Å². The molecule has 0 aromatic heterocycles. The SMILES string of the molecule is C[N]S(=O)(=O)CC(C)C. The van der Waals surface area contributed by atoms with Gasteiger partial charge in [0, 0.05) is 7.05 Å². The second-order valence-corrected chi connectivity index (χ2v) is 4.19. The molecular weight excluding hydrogens is 138 g/mol. The Balaban J connectivity index is 3.90. The van der Waals surface area contributed by atoms with Gasteiger partial charge < -0.3 is 0 Å². The van der Waals surface area contributed by atoms with Gasteiger partial charge in [0.15, 0.2) is 0 Å². The summed E-state index contributed by atoms with van der Waals surface area (Å²) in [7, 11) is -1.79. The second-order valence-electron chi connectivity index (χ2n) is 2.33. The summed E-state index contributed by atoms with van der Waals surface area (Å²) >= 11 is 0.